The minimum atomic E-state index is -0.317. The lowest BCUT2D eigenvalue weighted by Crippen LogP contribution is -2.33. The second kappa shape index (κ2) is 7.39. The molecule has 20 heavy (non-hydrogen) atoms. The first-order valence-electron chi connectivity index (χ1n) is 7.07. The van der Waals surface area contributed by atoms with Crippen LogP contribution in [-0.4, -0.2) is 44.4 Å². The fourth-order valence-corrected chi connectivity index (χ4v) is 2.15. The fourth-order valence-electron chi connectivity index (χ4n) is 2.15. The summed E-state index contributed by atoms with van der Waals surface area (Å²) in [6.07, 6.45) is 0.987. The minimum absolute atomic E-state index is 0.0927. The van der Waals surface area contributed by atoms with E-state index in [-0.39, 0.29) is 11.6 Å². The van der Waals surface area contributed by atoms with Crippen molar-refractivity contribution in [3.8, 4) is 0 Å². The Bertz CT molecular complexity index is 472. The van der Waals surface area contributed by atoms with Gasteiger partial charge in [0.25, 0.3) is 0 Å². The molecular formula is C16H25FN2O. The third-order valence-corrected chi connectivity index (χ3v) is 3.31. The quantitative estimate of drug-likeness (QED) is 0.717. The van der Waals surface area contributed by atoms with Crippen molar-refractivity contribution in [1.29, 1.82) is 0 Å². The fraction of sp³-hybridized carbons (Fsp3) is 0.562. The maximum Gasteiger partial charge on any atom is 0.161 e. The number of hydrogen-bond donors (Lipinski definition) is 0. The zero-order chi connectivity index (χ0) is 15.3. The average Bonchev–Trinajstić information content (AvgIpc) is 2.37. The van der Waals surface area contributed by atoms with Crippen LogP contribution in [0.2, 0.25) is 0 Å². The highest BCUT2D eigenvalue weighted by atomic mass is 19.1. The second-order valence-corrected chi connectivity index (χ2v) is 5.47. The molecule has 0 aliphatic carbocycles. The van der Waals surface area contributed by atoms with Crippen LogP contribution >= 0.6 is 0 Å². The van der Waals surface area contributed by atoms with Gasteiger partial charge in [-0.25, -0.2) is 4.39 Å². The predicted octanol–water partition coefficient (Wildman–Crippen LogP) is 3.11. The SMILES string of the molecule is CCCN(CCN(C)C)c1cc(C)c(F)cc1C(C)=O. The highest BCUT2D eigenvalue weighted by Crippen LogP contribution is 2.25. The van der Waals surface area contributed by atoms with Crippen LogP contribution in [0.4, 0.5) is 10.1 Å². The van der Waals surface area contributed by atoms with E-state index in [4.69, 9.17) is 0 Å². The Morgan fingerprint density at radius 2 is 1.85 bits per heavy atom. The van der Waals surface area contributed by atoms with Crippen molar-refractivity contribution in [2.45, 2.75) is 27.2 Å². The smallest absolute Gasteiger partial charge is 0.161 e. The number of hydrogen-bond acceptors (Lipinski definition) is 3. The molecule has 1 aromatic rings. The Hall–Kier alpha value is -1.42. The summed E-state index contributed by atoms with van der Waals surface area (Å²) in [5, 5.41) is 0. The molecule has 3 nitrogen and oxygen atoms in total. The van der Waals surface area contributed by atoms with Crippen LogP contribution in [0.5, 0.6) is 0 Å². The summed E-state index contributed by atoms with van der Waals surface area (Å²) in [6, 6.07) is 3.16. The van der Waals surface area contributed by atoms with Crippen molar-refractivity contribution in [2.75, 3.05) is 38.6 Å². The molecule has 112 valence electrons. The van der Waals surface area contributed by atoms with E-state index in [9.17, 15) is 9.18 Å². The first kappa shape index (κ1) is 16.6. The molecule has 1 rings (SSSR count). The van der Waals surface area contributed by atoms with E-state index >= 15 is 0 Å². The molecule has 0 fully saturated rings. The molecule has 0 spiro atoms. The van der Waals surface area contributed by atoms with Gasteiger partial charge in [-0.3, -0.25) is 4.79 Å². The number of halogens is 1. The maximum atomic E-state index is 13.7. The summed E-state index contributed by atoms with van der Waals surface area (Å²) in [6.45, 7) is 7.91. The van der Waals surface area contributed by atoms with Crippen molar-refractivity contribution >= 4 is 11.5 Å². The third kappa shape index (κ3) is 4.30. The van der Waals surface area contributed by atoms with Gasteiger partial charge in [-0.2, -0.15) is 0 Å². The third-order valence-electron chi connectivity index (χ3n) is 3.31. The van der Waals surface area contributed by atoms with E-state index in [1.165, 1.54) is 13.0 Å². The first-order chi connectivity index (χ1) is 9.36. The number of nitrogens with zero attached hydrogens (tertiary/aromatic N) is 2. The Labute approximate surface area is 121 Å². The zero-order valence-corrected chi connectivity index (χ0v) is 13.2. The van der Waals surface area contributed by atoms with Gasteiger partial charge in [0.2, 0.25) is 0 Å². The van der Waals surface area contributed by atoms with Crippen molar-refractivity contribution in [3.63, 3.8) is 0 Å². The van der Waals surface area contributed by atoms with Gasteiger partial charge in [0.05, 0.1) is 0 Å². The Kier molecular flexibility index (Phi) is 6.14. The number of ketones is 1. The lowest BCUT2D eigenvalue weighted by atomic mass is 10.0. The van der Waals surface area contributed by atoms with Gasteiger partial charge in [-0.15, -0.1) is 0 Å². The lowest BCUT2D eigenvalue weighted by Gasteiger charge is -2.28. The van der Waals surface area contributed by atoms with Crippen LogP contribution in [0.15, 0.2) is 12.1 Å². The molecule has 0 heterocycles. The number of carbonyl (C=O) groups excluding carboxylic acids is 1. The standard InChI is InChI=1S/C16H25FN2O/c1-6-7-19(9-8-18(4)5)16-10-12(2)15(17)11-14(16)13(3)20/h10-11H,6-9H2,1-5H3. The van der Waals surface area contributed by atoms with E-state index in [0.29, 0.717) is 11.1 Å². The van der Waals surface area contributed by atoms with E-state index < -0.39 is 0 Å². The molecule has 4 heteroatoms. The van der Waals surface area contributed by atoms with Gasteiger partial charge in [0, 0.05) is 30.9 Å². The predicted molar refractivity (Wildman–Crippen MR) is 82.2 cm³/mol. The van der Waals surface area contributed by atoms with Crippen LogP contribution in [-0.2, 0) is 0 Å². The van der Waals surface area contributed by atoms with Gasteiger partial charge in [0.1, 0.15) is 5.82 Å². The van der Waals surface area contributed by atoms with Crippen molar-refractivity contribution in [2.24, 2.45) is 0 Å². The number of carbonyl (C=O) groups is 1. The summed E-state index contributed by atoms with van der Waals surface area (Å²) in [5.74, 6) is -0.409. The maximum absolute atomic E-state index is 13.7. The van der Waals surface area contributed by atoms with Crippen molar-refractivity contribution in [1.82, 2.24) is 4.90 Å². The summed E-state index contributed by atoms with van der Waals surface area (Å²) in [7, 11) is 4.04. The van der Waals surface area contributed by atoms with Gasteiger partial charge >= 0.3 is 0 Å². The number of benzene rings is 1. The monoisotopic (exact) mass is 280 g/mol. The molecule has 0 atom stereocenters. The van der Waals surface area contributed by atoms with Gasteiger partial charge in [-0.05, 0) is 52.1 Å². The van der Waals surface area contributed by atoms with Crippen LogP contribution in [0, 0.1) is 12.7 Å². The van der Waals surface area contributed by atoms with Crippen LogP contribution in [0.3, 0.4) is 0 Å². The number of rotatable bonds is 7. The number of anilines is 1. The van der Waals surface area contributed by atoms with Crippen molar-refractivity contribution in [3.05, 3.63) is 29.1 Å². The molecule has 0 bridgehead atoms. The molecule has 0 aliphatic rings. The molecular weight excluding hydrogens is 255 g/mol. The zero-order valence-electron chi connectivity index (χ0n) is 13.2. The normalized spacial score (nSPS) is 10.9. The average molecular weight is 280 g/mol. The molecule has 0 saturated carbocycles. The van der Waals surface area contributed by atoms with E-state index in [0.717, 1.165) is 31.7 Å². The summed E-state index contributed by atoms with van der Waals surface area (Å²) < 4.78 is 13.7. The van der Waals surface area contributed by atoms with Gasteiger partial charge in [-0.1, -0.05) is 6.92 Å². The largest absolute Gasteiger partial charge is 0.370 e. The molecule has 1 aromatic carbocycles. The van der Waals surface area contributed by atoms with Crippen molar-refractivity contribution < 1.29 is 9.18 Å². The molecule has 0 unspecified atom stereocenters. The number of Topliss-reactive ketones (excluding diaryl/α,β-unsaturated/α-hetero) is 1. The molecule has 0 aromatic heterocycles. The Morgan fingerprint density at radius 1 is 1.20 bits per heavy atom. The van der Waals surface area contributed by atoms with Gasteiger partial charge < -0.3 is 9.80 Å². The molecule has 0 N–H and O–H groups in total. The number of aryl methyl sites for hydroxylation is 1. The number of likely N-dealkylation sites (N-methyl/N-ethyl adjacent to an activating group) is 1. The van der Waals surface area contributed by atoms with E-state index in [2.05, 4.69) is 16.7 Å². The lowest BCUT2D eigenvalue weighted by molar-refractivity contribution is 0.101. The van der Waals surface area contributed by atoms with Crippen LogP contribution in [0.25, 0.3) is 0 Å². The van der Waals surface area contributed by atoms with Crippen LogP contribution in [0.1, 0.15) is 36.2 Å². The molecule has 0 saturated heterocycles. The summed E-state index contributed by atoms with van der Waals surface area (Å²) >= 11 is 0. The van der Waals surface area contributed by atoms with Gasteiger partial charge in [0.15, 0.2) is 5.78 Å². The van der Waals surface area contributed by atoms with E-state index in [1.807, 2.05) is 14.1 Å². The summed E-state index contributed by atoms with van der Waals surface area (Å²) in [5.41, 5.74) is 1.90. The highest BCUT2D eigenvalue weighted by Gasteiger charge is 2.16. The first-order valence-corrected chi connectivity index (χ1v) is 7.07. The van der Waals surface area contributed by atoms with E-state index in [1.54, 1.807) is 13.0 Å². The minimum Gasteiger partial charge on any atom is -0.370 e. The Balaban J connectivity index is 3.16. The second-order valence-electron chi connectivity index (χ2n) is 5.47. The topological polar surface area (TPSA) is 23.6 Å². The molecule has 0 aliphatic heterocycles. The highest BCUT2D eigenvalue weighted by molar-refractivity contribution is 5.99. The summed E-state index contributed by atoms with van der Waals surface area (Å²) in [4.78, 5) is 16.0. The molecule has 0 radical (unpaired) electrons. The van der Waals surface area contributed by atoms with Crippen LogP contribution < -0.4 is 4.90 Å². The molecule has 0 amide bonds. The Morgan fingerprint density at radius 3 is 2.35 bits per heavy atom.